The maximum Gasteiger partial charge on any atom is 0.387 e. The Balaban J connectivity index is 0.00000363. The molecule has 0 bridgehead atoms. The van der Waals surface area contributed by atoms with Crippen LogP contribution in [-0.4, -0.2) is 44.7 Å². The summed E-state index contributed by atoms with van der Waals surface area (Å²) < 4.78 is 30.1. The van der Waals surface area contributed by atoms with E-state index in [1.54, 1.807) is 25.2 Å². The van der Waals surface area contributed by atoms with E-state index in [2.05, 4.69) is 25.7 Å². The maximum absolute atomic E-state index is 12.7. The molecule has 0 aromatic heterocycles. The summed E-state index contributed by atoms with van der Waals surface area (Å²) in [6.07, 6.45) is 0.835. The van der Waals surface area contributed by atoms with Gasteiger partial charge in [-0.3, -0.25) is 9.79 Å². The van der Waals surface area contributed by atoms with Gasteiger partial charge in [-0.15, -0.1) is 24.0 Å². The minimum Gasteiger partial charge on any atom is -0.433 e. The largest absolute Gasteiger partial charge is 0.433 e. The van der Waals surface area contributed by atoms with Crippen LogP contribution in [0.2, 0.25) is 0 Å². The number of amides is 1. The fraction of sp³-hybridized carbons (Fsp3) is 0.364. The second kappa shape index (κ2) is 12.4. The topological polar surface area (TPSA) is 78.0 Å². The molecule has 2 aromatic rings. The molecule has 32 heavy (non-hydrogen) atoms. The normalized spacial score (nSPS) is 15.8. The molecule has 1 unspecified atom stereocenters. The number of anilines is 2. The molecule has 1 saturated heterocycles. The van der Waals surface area contributed by atoms with E-state index in [4.69, 9.17) is 0 Å². The Bertz CT molecular complexity index is 929. The van der Waals surface area contributed by atoms with Crippen LogP contribution in [0.4, 0.5) is 20.2 Å². The highest BCUT2D eigenvalue weighted by molar-refractivity contribution is 14.0. The van der Waals surface area contributed by atoms with Gasteiger partial charge in [-0.1, -0.05) is 24.3 Å². The SMILES string of the molecule is CN=C(NCc1cccc(NC(C)=O)c1)NC1CCN(c2ccccc2OC(F)F)C1.I. The molecular weight excluding hydrogens is 531 g/mol. The van der Waals surface area contributed by atoms with E-state index in [1.807, 2.05) is 35.2 Å². The predicted molar refractivity (Wildman–Crippen MR) is 133 cm³/mol. The van der Waals surface area contributed by atoms with Crippen LogP contribution in [0.25, 0.3) is 0 Å². The molecule has 3 rings (SSSR count). The summed E-state index contributed by atoms with van der Waals surface area (Å²) in [4.78, 5) is 17.5. The smallest absolute Gasteiger partial charge is 0.387 e. The van der Waals surface area contributed by atoms with Gasteiger partial charge in [0.25, 0.3) is 0 Å². The first kappa shape index (κ1) is 25.6. The van der Waals surface area contributed by atoms with Crippen LogP contribution in [0.1, 0.15) is 18.9 Å². The van der Waals surface area contributed by atoms with Gasteiger partial charge in [0.1, 0.15) is 5.75 Å². The van der Waals surface area contributed by atoms with E-state index >= 15 is 0 Å². The number of guanidine groups is 1. The first-order valence-corrected chi connectivity index (χ1v) is 10.1. The monoisotopic (exact) mass is 559 g/mol. The van der Waals surface area contributed by atoms with Crippen molar-refractivity contribution in [3.05, 3.63) is 54.1 Å². The number of carbonyl (C=O) groups excluding carboxylic acids is 1. The van der Waals surface area contributed by atoms with Crippen molar-refractivity contribution in [2.75, 3.05) is 30.4 Å². The number of nitrogens with one attached hydrogen (secondary N) is 3. The summed E-state index contributed by atoms with van der Waals surface area (Å²) in [6, 6.07) is 14.5. The van der Waals surface area contributed by atoms with E-state index < -0.39 is 6.61 Å². The van der Waals surface area contributed by atoms with Crippen molar-refractivity contribution in [3.8, 4) is 5.75 Å². The van der Waals surface area contributed by atoms with Crippen LogP contribution in [0.3, 0.4) is 0 Å². The van der Waals surface area contributed by atoms with E-state index in [1.165, 1.54) is 6.92 Å². The molecule has 1 fully saturated rings. The first-order valence-electron chi connectivity index (χ1n) is 10.1. The Morgan fingerprint density at radius 3 is 2.75 bits per heavy atom. The van der Waals surface area contributed by atoms with Crippen LogP contribution in [0.5, 0.6) is 5.75 Å². The number of alkyl halides is 2. The van der Waals surface area contributed by atoms with Crippen LogP contribution in [0.15, 0.2) is 53.5 Å². The molecule has 10 heteroatoms. The summed E-state index contributed by atoms with van der Waals surface area (Å²) >= 11 is 0. The summed E-state index contributed by atoms with van der Waals surface area (Å²) in [7, 11) is 1.70. The van der Waals surface area contributed by atoms with Crippen molar-refractivity contribution in [2.45, 2.75) is 32.5 Å². The van der Waals surface area contributed by atoms with Gasteiger partial charge < -0.3 is 25.6 Å². The lowest BCUT2D eigenvalue weighted by Crippen LogP contribution is -2.44. The highest BCUT2D eigenvalue weighted by Crippen LogP contribution is 2.31. The van der Waals surface area contributed by atoms with Gasteiger partial charge in [-0.05, 0) is 36.2 Å². The lowest BCUT2D eigenvalue weighted by molar-refractivity contribution is -0.114. The van der Waals surface area contributed by atoms with E-state index in [0.29, 0.717) is 24.7 Å². The molecule has 1 aliphatic heterocycles. The Morgan fingerprint density at radius 2 is 2.03 bits per heavy atom. The lowest BCUT2D eigenvalue weighted by atomic mass is 10.2. The summed E-state index contributed by atoms with van der Waals surface area (Å²) in [5.41, 5.74) is 2.40. The Hall–Kier alpha value is -2.63. The fourth-order valence-corrected chi connectivity index (χ4v) is 3.55. The molecular formula is C22H28F2IN5O2. The Kier molecular flexibility index (Phi) is 9.95. The second-order valence-electron chi connectivity index (χ2n) is 7.23. The molecule has 1 atom stereocenters. The van der Waals surface area contributed by atoms with Gasteiger partial charge in [0, 0.05) is 45.3 Å². The molecule has 0 aliphatic carbocycles. The van der Waals surface area contributed by atoms with Crippen LogP contribution in [-0.2, 0) is 11.3 Å². The molecule has 1 heterocycles. The zero-order valence-electron chi connectivity index (χ0n) is 18.0. The van der Waals surface area contributed by atoms with Gasteiger partial charge in [-0.2, -0.15) is 8.78 Å². The summed E-state index contributed by atoms with van der Waals surface area (Å²) in [6.45, 7) is 0.512. The second-order valence-corrected chi connectivity index (χ2v) is 7.23. The molecule has 0 saturated carbocycles. The van der Waals surface area contributed by atoms with E-state index in [-0.39, 0.29) is 41.7 Å². The van der Waals surface area contributed by atoms with E-state index in [9.17, 15) is 13.6 Å². The first-order chi connectivity index (χ1) is 14.9. The Morgan fingerprint density at radius 1 is 1.25 bits per heavy atom. The van der Waals surface area contributed by atoms with Crippen LogP contribution in [0, 0.1) is 0 Å². The quantitative estimate of drug-likeness (QED) is 0.274. The highest BCUT2D eigenvalue weighted by atomic mass is 127. The highest BCUT2D eigenvalue weighted by Gasteiger charge is 2.26. The third kappa shape index (κ3) is 7.50. The zero-order chi connectivity index (χ0) is 22.2. The number of carbonyl (C=O) groups is 1. The zero-order valence-corrected chi connectivity index (χ0v) is 20.3. The number of hydrogen-bond donors (Lipinski definition) is 3. The number of hydrogen-bond acceptors (Lipinski definition) is 4. The van der Waals surface area contributed by atoms with Crippen molar-refractivity contribution in [3.63, 3.8) is 0 Å². The van der Waals surface area contributed by atoms with Gasteiger partial charge in [-0.25, -0.2) is 0 Å². The average Bonchev–Trinajstić information content (AvgIpc) is 3.19. The molecule has 174 valence electrons. The van der Waals surface area contributed by atoms with Crippen molar-refractivity contribution in [2.24, 2.45) is 4.99 Å². The molecule has 1 amide bonds. The van der Waals surface area contributed by atoms with Crippen LogP contribution < -0.4 is 25.6 Å². The van der Waals surface area contributed by atoms with E-state index in [0.717, 1.165) is 24.2 Å². The van der Waals surface area contributed by atoms with Gasteiger partial charge in [0.2, 0.25) is 5.91 Å². The third-order valence-corrected chi connectivity index (χ3v) is 4.88. The minimum atomic E-state index is -2.86. The average molecular weight is 559 g/mol. The predicted octanol–water partition coefficient (Wildman–Crippen LogP) is 3.81. The molecule has 1 aliphatic rings. The van der Waals surface area contributed by atoms with Gasteiger partial charge >= 0.3 is 6.61 Å². The summed E-state index contributed by atoms with van der Waals surface area (Å²) in [5, 5.41) is 9.42. The number of halogens is 3. The maximum atomic E-state index is 12.7. The number of aliphatic imine (C=N–C) groups is 1. The lowest BCUT2D eigenvalue weighted by Gasteiger charge is -2.22. The number of rotatable bonds is 7. The molecule has 0 radical (unpaired) electrons. The fourth-order valence-electron chi connectivity index (χ4n) is 3.55. The van der Waals surface area contributed by atoms with Crippen LogP contribution >= 0.6 is 24.0 Å². The molecule has 0 spiro atoms. The minimum absolute atomic E-state index is 0. The van der Waals surface area contributed by atoms with Gasteiger partial charge in [0.15, 0.2) is 5.96 Å². The van der Waals surface area contributed by atoms with Crippen molar-refractivity contribution in [1.82, 2.24) is 10.6 Å². The third-order valence-electron chi connectivity index (χ3n) is 4.88. The van der Waals surface area contributed by atoms with Crippen molar-refractivity contribution < 1.29 is 18.3 Å². The number of nitrogens with zero attached hydrogens (tertiary/aromatic N) is 2. The molecule has 3 N–H and O–H groups in total. The molecule has 2 aromatic carbocycles. The molecule has 7 nitrogen and oxygen atoms in total. The number of ether oxygens (including phenoxy) is 1. The standard InChI is InChI=1S/C22H27F2N5O2.HI/c1-15(30)27-17-7-5-6-16(12-17)13-26-22(25-2)28-18-10-11-29(14-18)19-8-3-4-9-20(19)31-21(23)24;/h3-9,12,18,21H,10-11,13-14H2,1-2H3,(H,27,30)(H2,25,26,28);1H. The number of benzene rings is 2. The Labute approximate surface area is 203 Å². The van der Waals surface area contributed by atoms with Gasteiger partial charge in [0.05, 0.1) is 5.69 Å². The number of para-hydroxylation sites is 2. The summed E-state index contributed by atoms with van der Waals surface area (Å²) in [5.74, 6) is 0.711. The van der Waals surface area contributed by atoms with Crippen molar-refractivity contribution in [1.29, 1.82) is 0 Å². The van der Waals surface area contributed by atoms with Crippen molar-refractivity contribution >= 4 is 47.2 Å².